The van der Waals surface area contributed by atoms with Crippen molar-refractivity contribution in [2.45, 2.75) is 10.9 Å². The van der Waals surface area contributed by atoms with Gasteiger partial charge in [-0.15, -0.1) is 21.5 Å². The first-order valence-electron chi connectivity index (χ1n) is 9.77. The highest BCUT2D eigenvalue weighted by Crippen LogP contribution is 2.33. The lowest BCUT2D eigenvalue weighted by molar-refractivity contribution is 0.0946. The van der Waals surface area contributed by atoms with Crippen LogP contribution < -0.4 is 5.32 Å². The highest BCUT2D eigenvalue weighted by Gasteiger charge is 2.20. The number of thiazole rings is 1. The summed E-state index contributed by atoms with van der Waals surface area (Å²) in [4.78, 5) is 18.8. The van der Waals surface area contributed by atoms with E-state index in [9.17, 15) is 4.79 Å². The molecule has 1 N–H and O–H groups in total. The van der Waals surface area contributed by atoms with Crippen molar-refractivity contribution in [2.24, 2.45) is 0 Å². The van der Waals surface area contributed by atoms with E-state index in [2.05, 4.69) is 20.5 Å². The van der Waals surface area contributed by atoms with Crippen LogP contribution in [0.15, 0.2) is 57.6 Å². The standard InChI is InChI=1S/C21H21ClN6O2S2/c1-27(2)10-9-23-20(29)15-12-31-18(24-15)13-32-21-26-25-19(17-8-5-11-30-17)28(21)16-7-4-3-6-14(16)22/h3-8,11-12H,9-10,13H2,1-2H3,(H,23,29). The predicted octanol–water partition coefficient (Wildman–Crippen LogP) is 4.22. The quantitative estimate of drug-likeness (QED) is 0.353. The Balaban J connectivity index is 1.52. The topological polar surface area (TPSA) is 89.1 Å². The number of nitrogens with one attached hydrogen (secondary N) is 1. The van der Waals surface area contributed by atoms with Crippen molar-refractivity contribution >= 4 is 40.6 Å². The summed E-state index contributed by atoms with van der Waals surface area (Å²) in [5.74, 6) is 1.52. The Bertz CT molecular complexity index is 1190. The predicted molar refractivity (Wildman–Crippen MR) is 127 cm³/mol. The zero-order chi connectivity index (χ0) is 22.5. The van der Waals surface area contributed by atoms with Crippen LogP contribution in [0, 0.1) is 0 Å². The third-order valence-electron chi connectivity index (χ3n) is 4.42. The maximum Gasteiger partial charge on any atom is 0.270 e. The van der Waals surface area contributed by atoms with Gasteiger partial charge < -0.3 is 14.6 Å². The lowest BCUT2D eigenvalue weighted by Gasteiger charge is -2.10. The van der Waals surface area contributed by atoms with Crippen LogP contribution in [-0.4, -0.2) is 57.7 Å². The van der Waals surface area contributed by atoms with Crippen LogP contribution in [-0.2, 0) is 5.75 Å². The summed E-state index contributed by atoms with van der Waals surface area (Å²) < 4.78 is 7.41. The molecule has 0 saturated carbocycles. The molecule has 0 saturated heterocycles. The summed E-state index contributed by atoms with van der Waals surface area (Å²) in [5, 5.41) is 15.4. The number of hydrogen-bond donors (Lipinski definition) is 1. The normalized spacial score (nSPS) is 11.2. The number of amides is 1. The molecule has 0 aliphatic carbocycles. The number of hydrogen-bond acceptors (Lipinski definition) is 8. The van der Waals surface area contributed by atoms with E-state index in [-0.39, 0.29) is 5.91 Å². The molecule has 11 heteroatoms. The number of carbonyl (C=O) groups excluding carboxylic acids is 1. The maximum absolute atomic E-state index is 12.3. The van der Waals surface area contributed by atoms with E-state index in [1.54, 1.807) is 17.7 Å². The molecule has 3 heterocycles. The molecular formula is C21H21ClN6O2S2. The molecule has 0 fully saturated rings. The van der Waals surface area contributed by atoms with E-state index in [0.29, 0.717) is 39.8 Å². The minimum atomic E-state index is -0.168. The fraction of sp³-hybridized carbons (Fsp3) is 0.238. The lowest BCUT2D eigenvalue weighted by Crippen LogP contribution is -2.31. The number of halogens is 1. The summed E-state index contributed by atoms with van der Waals surface area (Å²) in [5.41, 5.74) is 1.18. The number of rotatable bonds is 9. The van der Waals surface area contributed by atoms with Crippen molar-refractivity contribution in [1.29, 1.82) is 0 Å². The van der Waals surface area contributed by atoms with Crippen molar-refractivity contribution in [3.63, 3.8) is 0 Å². The molecule has 0 aliphatic heterocycles. The summed E-state index contributed by atoms with van der Waals surface area (Å²) in [6.07, 6.45) is 1.59. The molecule has 0 unspecified atom stereocenters. The lowest BCUT2D eigenvalue weighted by atomic mass is 10.3. The van der Waals surface area contributed by atoms with Crippen molar-refractivity contribution in [1.82, 2.24) is 30.0 Å². The zero-order valence-corrected chi connectivity index (χ0v) is 19.9. The number of likely N-dealkylation sites (N-methyl/N-ethyl adjacent to an activating group) is 1. The molecule has 0 aliphatic rings. The number of benzene rings is 1. The highest BCUT2D eigenvalue weighted by molar-refractivity contribution is 7.98. The largest absolute Gasteiger partial charge is 0.461 e. The summed E-state index contributed by atoms with van der Waals surface area (Å²) in [6.45, 7) is 1.35. The van der Waals surface area contributed by atoms with Gasteiger partial charge in [0, 0.05) is 18.5 Å². The van der Waals surface area contributed by atoms with Crippen molar-refractivity contribution < 1.29 is 9.21 Å². The summed E-state index contributed by atoms with van der Waals surface area (Å²) >= 11 is 9.37. The Kier molecular flexibility index (Phi) is 7.26. The summed E-state index contributed by atoms with van der Waals surface area (Å²) in [7, 11) is 3.92. The third kappa shape index (κ3) is 5.21. The fourth-order valence-corrected chi connectivity index (χ4v) is 4.83. The van der Waals surface area contributed by atoms with Crippen LogP contribution in [0.5, 0.6) is 0 Å². The number of nitrogens with zero attached hydrogens (tertiary/aromatic N) is 5. The average molecular weight is 489 g/mol. The van der Waals surface area contributed by atoms with Crippen LogP contribution in [0.4, 0.5) is 0 Å². The Morgan fingerprint density at radius 2 is 2.09 bits per heavy atom. The van der Waals surface area contributed by atoms with Gasteiger partial charge in [0.15, 0.2) is 10.9 Å². The van der Waals surface area contributed by atoms with E-state index in [0.717, 1.165) is 17.2 Å². The van der Waals surface area contributed by atoms with Gasteiger partial charge in [-0.1, -0.05) is 35.5 Å². The minimum Gasteiger partial charge on any atom is -0.461 e. The van der Waals surface area contributed by atoms with Gasteiger partial charge in [-0.25, -0.2) is 4.98 Å². The van der Waals surface area contributed by atoms with E-state index in [1.807, 2.05) is 53.9 Å². The number of furan rings is 1. The van der Waals surface area contributed by atoms with Crippen LogP contribution in [0.3, 0.4) is 0 Å². The molecule has 0 atom stereocenters. The molecule has 8 nitrogen and oxygen atoms in total. The number of para-hydroxylation sites is 1. The Morgan fingerprint density at radius 3 is 2.84 bits per heavy atom. The van der Waals surface area contributed by atoms with Crippen molar-refractivity contribution in [2.75, 3.05) is 27.2 Å². The molecule has 3 aromatic heterocycles. The van der Waals surface area contributed by atoms with Gasteiger partial charge >= 0.3 is 0 Å². The van der Waals surface area contributed by atoms with Crippen molar-refractivity contribution in [3.8, 4) is 17.3 Å². The molecule has 4 aromatic rings. The molecule has 0 bridgehead atoms. The second kappa shape index (κ2) is 10.3. The fourth-order valence-electron chi connectivity index (χ4n) is 2.87. The molecular weight excluding hydrogens is 468 g/mol. The van der Waals surface area contributed by atoms with Crippen LogP contribution >= 0.6 is 34.7 Å². The smallest absolute Gasteiger partial charge is 0.270 e. The first-order chi connectivity index (χ1) is 15.5. The molecule has 1 aromatic carbocycles. The molecule has 32 heavy (non-hydrogen) atoms. The molecule has 0 spiro atoms. The van der Waals surface area contributed by atoms with Crippen LogP contribution in [0.2, 0.25) is 5.02 Å². The molecule has 166 valence electrons. The Labute approximate surface area is 198 Å². The van der Waals surface area contributed by atoms with Crippen LogP contribution in [0.1, 0.15) is 15.5 Å². The SMILES string of the molecule is CN(C)CCNC(=O)c1csc(CSc2nnc(-c3ccco3)n2-c2ccccc2Cl)n1. The first-order valence-corrected chi connectivity index (χ1v) is 12.0. The zero-order valence-electron chi connectivity index (χ0n) is 17.5. The Hall–Kier alpha value is -2.66. The van der Waals surface area contributed by atoms with Crippen LogP contribution in [0.25, 0.3) is 17.3 Å². The summed E-state index contributed by atoms with van der Waals surface area (Å²) in [6, 6.07) is 11.1. The van der Waals surface area contributed by atoms with Gasteiger partial charge in [0.2, 0.25) is 5.82 Å². The van der Waals surface area contributed by atoms with Gasteiger partial charge in [-0.3, -0.25) is 9.36 Å². The highest BCUT2D eigenvalue weighted by atomic mass is 35.5. The van der Waals surface area contributed by atoms with E-state index < -0.39 is 0 Å². The second-order valence-corrected chi connectivity index (χ2v) is 9.34. The van der Waals surface area contributed by atoms with E-state index >= 15 is 0 Å². The minimum absolute atomic E-state index is 0.168. The average Bonchev–Trinajstić information content (AvgIpc) is 3.52. The van der Waals surface area contributed by atoms with Gasteiger partial charge in [0.1, 0.15) is 10.7 Å². The maximum atomic E-state index is 12.3. The van der Waals surface area contributed by atoms with Gasteiger partial charge in [0.05, 0.1) is 22.7 Å². The van der Waals surface area contributed by atoms with Gasteiger partial charge in [0.25, 0.3) is 5.91 Å². The molecule has 1 amide bonds. The van der Waals surface area contributed by atoms with Gasteiger partial charge in [-0.2, -0.15) is 0 Å². The van der Waals surface area contributed by atoms with E-state index in [4.69, 9.17) is 16.0 Å². The monoisotopic (exact) mass is 488 g/mol. The molecule has 0 radical (unpaired) electrons. The van der Waals surface area contributed by atoms with Gasteiger partial charge in [-0.05, 0) is 38.4 Å². The number of aromatic nitrogens is 4. The third-order valence-corrected chi connectivity index (χ3v) is 6.71. The Morgan fingerprint density at radius 1 is 1.25 bits per heavy atom. The number of carbonyl (C=O) groups is 1. The molecule has 4 rings (SSSR count). The van der Waals surface area contributed by atoms with E-state index in [1.165, 1.54) is 23.1 Å². The number of thioether (sulfide) groups is 1. The van der Waals surface area contributed by atoms with Crippen molar-refractivity contribution in [3.05, 3.63) is 63.8 Å². The first kappa shape index (κ1) is 22.5. The second-order valence-electron chi connectivity index (χ2n) is 7.04.